The van der Waals surface area contributed by atoms with E-state index in [1.807, 2.05) is 0 Å². The monoisotopic (exact) mass is 260 g/mol. The van der Waals surface area contributed by atoms with E-state index in [0.717, 1.165) is 0 Å². The van der Waals surface area contributed by atoms with Gasteiger partial charge in [0.2, 0.25) is 0 Å². The van der Waals surface area contributed by atoms with Gasteiger partial charge in [-0.25, -0.2) is 0 Å². The van der Waals surface area contributed by atoms with E-state index in [-0.39, 0.29) is 6.42 Å². The van der Waals surface area contributed by atoms with Crippen LogP contribution in [0.25, 0.3) is 0 Å². The summed E-state index contributed by atoms with van der Waals surface area (Å²) in [5.74, 6) is -3.37. The number of carbonyl (C=O) groups excluding carboxylic acids is 3. The highest BCUT2D eigenvalue weighted by molar-refractivity contribution is 5.82. The molecule has 0 N–H and O–H groups in total. The predicted molar refractivity (Wildman–Crippen MR) is 62.5 cm³/mol. The third kappa shape index (κ3) is 4.35. The molecule has 0 aliphatic heterocycles. The Morgan fingerprint density at radius 1 is 0.833 bits per heavy atom. The largest absolute Gasteiger partial charge is 0.469 e. The van der Waals surface area contributed by atoms with Gasteiger partial charge in [0.05, 0.1) is 39.1 Å². The Kier molecular flexibility index (Phi) is 7.00. The van der Waals surface area contributed by atoms with E-state index < -0.39 is 35.7 Å². The molecule has 0 aliphatic carbocycles. The second-order valence-electron chi connectivity index (χ2n) is 4.10. The lowest BCUT2D eigenvalue weighted by Crippen LogP contribution is -2.32. The Morgan fingerprint density at radius 3 is 1.67 bits per heavy atom. The number of rotatable bonds is 6. The molecule has 3 unspecified atom stereocenters. The maximum Gasteiger partial charge on any atom is 0.309 e. The molecule has 0 aliphatic rings. The van der Waals surface area contributed by atoms with E-state index in [9.17, 15) is 14.4 Å². The van der Waals surface area contributed by atoms with Crippen LogP contribution in [0.5, 0.6) is 0 Å². The number of hydrogen-bond donors (Lipinski definition) is 0. The Balaban J connectivity index is 4.85. The molecule has 0 bridgehead atoms. The lowest BCUT2D eigenvalue weighted by Gasteiger charge is -2.21. The first-order valence-corrected chi connectivity index (χ1v) is 5.62. The van der Waals surface area contributed by atoms with Crippen LogP contribution in [0.1, 0.15) is 20.3 Å². The highest BCUT2D eigenvalue weighted by atomic mass is 16.5. The molecule has 0 amide bonds. The molecule has 0 heterocycles. The zero-order valence-electron chi connectivity index (χ0n) is 11.4. The van der Waals surface area contributed by atoms with Crippen molar-refractivity contribution in [3.05, 3.63) is 0 Å². The first-order chi connectivity index (χ1) is 8.38. The minimum Gasteiger partial charge on any atom is -0.469 e. The summed E-state index contributed by atoms with van der Waals surface area (Å²) in [5.41, 5.74) is 0. The number of methoxy groups -OCH3 is 3. The van der Waals surface area contributed by atoms with Crippen molar-refractivity contribution in [2.75, 3.05) is 21.3 Å². The summed E-state index contributed by atoms with van der Waals surface area (Å²) in [7, 11) is 3.76. The van der Waals surface area contributed by atoms with Gasteiger partial charge in [0, 0.05) is 0 Å². The van der Waals surface area contributed by atoms with Gasteiger partial charge in [-0.05, 0) is 6.42 Å². The molecule has 0 saturated carbocycles. The summed E-state index contributed by atoms with van der Waals surface area (Å²) in [4.78, 5) is 34.4. The number of esters is 3. The topological polar surface area (TPSA) is 78.9 Å². The minimum atomic E-state index is -0.725. The Bertz CT molecular complexity index is 312. The van der Waals surface area contributed by atoms with Crippen LogP contribution in [-0.2, 0) is 28.6 Å². The Morgan fingerprint density at radius 2 is 1.28 bits per heavy atom. The number of carbonyl (C=O) groups is 3. The van der Waals surface area contributed by atoms with Crippen LogP contribution >= 0.6 is 0 Å². The fraction of sp³-hybridized carbons (Fsp3) is 0.750. The van der Waals surface area contributed by atoms with Crippen LogP contribution < -0.4 is 0 Å². The maximum atomic E-state index is 11.6. The molecule has 3 atom stereocenters. The average Bonchev–Trinajstić information content (AvgIpc) is 2.40. The van der Waals surface area contributed by atoms with Crippen LogP contribution in [0, 0.1) is 17.8 Å². The molecule has 0 saturated heterocycles. The van der Waals surface area contributed by atoms with Gasteiger partial charge in [-0.1, -0.05) is 13.8 Å². The van der Waals surface area contributed by atoms with Gasteiger partial charge < -0.3 is 14.2 Å². The maximum absolute atomic E-state index is 11.6. The third-order valence-electron chi connectivity index (χ3n) is 2.89. The van der Waals surface area contributed by atoms with E-state index in [4.69, 9.17) is 0 Å². The van der Waals surface area contributed by atoms with E-state index in [2.05, 4.69) is 14.2 Å². The lowest BCUT2D eigenvalue weighted by molar-refractivity contribution is -0.159. The molecule has 6 heteroatoms. The van der Waals surface area contributed by atoms with Gasteiger partial charge in [0.25, 0.3) is 0 Å². The summed E-state index contributed by atoms with van der Waals surface area (Å²) < 4.78 is 13.8. The zero-order valence-corrected chi connectivity index (χ0v) is 11.4. The second kappa shape index (κ2) is 7.68. The molecule has 6 nitrogen and oxygen atoms in total. The van der Waals surface area contributed by atoms with Crippen molar-refractivity contribution >= 4 is 17.9 Å². The Hall–Kier alpha value is -1.59. The predicted octanol–water partition coefficient (Wildman–Crippen LogP) is 0.784. The van der Waals surface area contributed by atoms with Crippen molar-refractivity contribution in [2.45, 2.75) is 20.3 Å². The Labute approximate surface area is 107 Å². The quantitative estimate of drug-likeness (QED) is 0.519. The molecular weight excluding hydrogens is 240 g/mol. The molecular formula is C12H20O6. The molecule has 0 fully saturated rings. The first-order valence-electron chi connectivity index (χ1n) is 5.62. The van der Waals surface area contributed by atoms with Crippen molar-refractivity contribution in [1.29, 1.82) is 0 Å². The molecule has 0 aromatic heterocycles. The highest BCUT2D eigenvalue weighted by Crippen LogP contribution is 2.23. The molecule has 18 heavy (non-hydrogen) atoms. The fourth-order valence-electron chi connectivity index (χ4n) is 1.68. The number of ether oxygens (including phenoxy) is 3. The molecule has 0 radical (unpaired) electrons. The standard InChI is InChI=1S/C12H20O6/c1-7(10(13)16-3)6-9(12(15)18-5)8(2)11(14)17-4/h7-9H,6H2,1-5H3. The van der Waals surface area contributed by atoms with Gasteiger partial charge >= 0.3 is 17.9 Å². The average molecular weight is 260 g/mol. The minimum absolute atomic E-state index is 0.176. The zero-order chi connectivity index (χ0) is 14.3. The van der Waals surface area contributed by atoms with Gasteiger partial charge in [-0.3, -0.25) is 14.4 Å². The van der Waals surface area contributed by atoms with Crippen molar-refractivity contribution in [3.8, 4) is 0 Å². The molecule has 104 valence electrons. The fourth-order valence-corrected chi connectivity index (χ4v) is 1.68. The van der Waals surface area contributed by atoms with Crippen molar-refractivity contribution in [2.24, 2.45) is 17.8 Å². The van der Waals surface area contributed by atoms with Crippen LogP contribution in [0.2, 0.25) is 0 Å². The van der Waals surface area contributed by atoms with Crippen LogP contribution in [0.4, 0.5) is 0 Å². The second-order valence-corrected chi connectivity index (χ2v) is 4.10. The van der Waals surface area contributed by atoms with Gasteiger partial charge in [0.1, 0.15) is 0 Å². The summed E-state index contributed by atoms with van der Waals surface area (Å²) >= 11 is 0. The molecule has 0 rings (SSSR count). The third-order valence-corrected chi connectivity index (χ3v) is 2.89. The van der Waals surface area contributed by atoms with Gasteiger partial charge in [-0.15, -0.1) is 0 Å². The first kappa shape index (κ1) is 16.4. The van der Waals surface area contributed by atoms with Crippen LogP contribution in [-0.4, -0.2) is 39.2 Å². The smallest absolute Gasteiger partial charge is 0.309 e. The van der Waals surface area contributed by atoms with E-state index >= 15 is 0 Å². The van der Waals surface area contributed by atoms with Crippen LogP contribution in [0.3, 0.4) is 0 Å². The van der Waals surface area contributed by atoms with E-state index in [1.165, 1.54) is 21.3 Å². The molecule has 0 aromatic carbocycles. The van der Waals surface area contributed by atoms with Crippen LogP contribution in [0.15, 0.2) is 0 Å². The molecule has 0 aromatic rings. The lowest BCUT2D eigenvalue weighted by atomic mass is 9.86. The normalized spacial score (nSPS) is 15.2. The molecule has 0 spiro atoms. The van der Waals surface area contributed by atoms with E-state index in [0.29, 0.717) is 0 Å². The summed E-state index contributed by atoms with van der Waals surface area (Å²) in [6, 6.07) is 0. The summed E-state index contributed by atoms with van der Waals surface area (Å²) in [6.45, 7) is 3.20. The van der Waals surface area contributed by atoms with Crippen molar-refractivity contribution < 1.29 is 28.6 Å². The number of hydrogen-bond acceptors (Lipinski definition) is 6. The van der Waals surface area contributed by atoms with Gasteiger partial charge in [-0.2, -0.15) is 0 Å². The van der Waals surface area contributed by atoms with E-state index in [1.54, 1.807) is 13.8 Å². The SMILES string of the molecule is COC(=O)C(C)CC(C(=O)OC)C(C)C(=O)OC. The summed E-state index contributed by atoms with van der Waals surface area (Å²) in [6.07, 6.45) is 0.176. The van der Waals surface area contributed by atoms with Crippen molar-refractivity contribution in [1.82, 2.24) is 0 Å². The van der Waals surface area contributed by atoms with Gasteiger partial charge in [0.15, 0.2) is 0 Å². The summed E-state index contributed by atoms with van der Waals surface area (Å²) in [5, 5.41) is 0. The van der Waals surface area contributed by atoms with Crippen molar-refractivity contribution in [3.63, 3.8) is 0 Å². The highest BCUT2D eigenvalue weighted by Gasteiger charge is 2.34.